The highest BCUT2D eigenvalue weighted by Crippen LogP contribution is 2.56. The van der Waals surface area contributed by atoms with Crippen molar-refractivity contribution in [2.45, 2.75) is 52.4 Å². The number of aromatic nitrogens is 1. The highest BCUT2D eigenvalue weighted by atomic mass is 16.3. The van der Waals surface area contributed by atoms with Crippen LogP contribution in [0.2, 0.25) is 0 Å². The first kappa shape index (κ1) is 61.3. The molecule has 0 amide bonds. The van der Waals surface area contributed by atoms with Gasteiger partial charge in [0.15, 0.2) is 0 Å². The molecule has 0 spiro atoms. The molecule has 5 heterocycles. The van der Waals surface area contributed by atoms with Gasteiger partial charge in [-0.2, -0.15) is 0 Å². The van der Waals surface area contributed by atoms with E-state index >= 15 is 0 Å². The molecule has 0 N–H and O–H groups in total. The van der Waals surface area contributed by atoms with E-state index in [0.29, 0.717) is 0 Å². The lowest BCUT2D eigenvalue weighted by Gasteiger charge is -2.46. The fourth-order valence-electron chi connectivity index (χ4n) is 16.9. The molecule has 0 unspecified atom stereocenters. The molecule has 15 aromatic carbocycles. The van der Waals surface area contributed by atoms with E-state index in [2.05, 4.69) is 383 Å². The van der Waals surface area contributed by atoms with Crippen molar-refractivity contribution in [3.8, 4) is 72.4 Å². The predicted molar refractivity (Wildman–Crippen MR) is 439 cm³/mol. The van der Waals surface area contributed by atoms with Crippen LogP contribution in [0.3, 0.4) is 0 Å². The summed E-state index contributed by atoms with van der Waals surface area (Å²) in [4.78, 5) is 5.41. The Kier molecular flexibility index (Phi) is 13.8. The molecule has 18 aromatic rings. The second-order valence-corrected chi connectivity index (χ2v) is 30.3. The van der Waals surface area contributed by atoms with E-state index in [0.717, 1.165) is 161 Å². The van der Waals surface area contributed by atoms with Crippen LogP contribution in [0.5, 0.6) is 0 Å². The Labute approximate surface area is 605 Å². The van der Waals surface area contributed by atoms with Gasteiger partial charge in [-0.15, -0.1) is 0 Å². The summed E-state index contributed by atoms with van der Waals surface area (Å²) in [7, 11) is 0. The second-order valence-electron chi connectivity index (χ2n) is 30.3. The maximum atomic E-state index is 6.54. The summed E-state index contributed by atoms with van der Waals surface area (Å²) in [6.45, 7) is 13.8. The lowest BCUT2D eigenvalue weighted by atomic mass is 9.33. The minimum absolute atomic E-state index is 0.217. The zero-order valence-electron chi connectivity index (χ0n) is 58.9. The third-order valence-electron chi connectivity index (χ3n) is 22.1. The summed E-state index contributed by atoms with van der Waals surface area (Å²) in [5.74, 6) is 0. The number of hydrogen-bond donors (Lipinski definition) is 0. The van der Waals surface area contributed by atoms with Crippen LogP contribution in [0.4, 0.5) is 34.1 Å². The van der Waals surface area contributed by atoms with E-state index in [-0.39, 0.29) is 17.5 Å². The molecule has 0 saturated heterocycles. The lowest BCUT2D eigenvalue weighted by Crippen LogP contribution is -2.61. The molecule has 0 fully saturated rings. The van der Waals surface area contributed by atoms with Crippen molar-refractivity contribution in [1.29, 1.82) is 0 Å². The number of nitrogens with zero attached hydrogens (tertiary/aromatic N) is 3. The molecule has 104 heavy (non-hydrogen) atoms. The number of benzene rings is 15. The summed E-state index contributed by atoms with van der Waals surface area (Å²) in [5, 5.41) is 6.77. The third kappa shape index (κ3) is 9.76. The zero-order valence-corrected chi connectivity index (χ0v) is 58.9. The van der Waals surface area contributed by atoms with Crippen LogP contribution in [0.25, 0.3) is 138 Å². The van der Waals surface area contributed by atoms with E-state index in [9.17, 15) is 0 Å². The summed E-state index contributed by atoms with van der Waals surface area (Å²) >= 11 is 0. The maximum absolute atomic E-state index is 6.54. The molecule has 0 saturated carbocycles. The highest BCUT2D eigenvalue weighted by molar-refractivity contribution is 7.00. The van der Waals surface area contributed by atoms with E-state index in [1.165, 1.54) is 38.3 Å². The maximum Gasteiger partial charge on any atom is 0.252 e. The topological polar surface area (TPSA) is 37.7 Å². The van der Waals surface area contributed by atoms with Crippen LogP contribution >= 0.6 is 0 Å². The molecule has 3 aromatic heterocycles. The van der Waals surface area contributed by atoms with Gasteiger partial charge in [0.2, 0.25) is 0 Å². The summed E-state index contributed by atoms with van der Waals surface area (Å²) in [6, 6.07) is 123. The molecule has 6 heteroatoms. The smallest absolute Gasteiger partial charge is 0.252 e. The van der Waals surface area contributed by atoms with Crippen molar-refractivity contribution in [3.63, 3.8) is 0 Å². The van der Waals surface area contributed by atoms with Gasteiger partial charge < -0.3 is 23.2 Å². The Morgan fingerprint density at radius 1 is 0.260 bits per heavy atom. The largest absolute Gasteiger partial charge is 0.456 e. The number of rotatable bonds is 9. The molecule has 494 valence electrons. The SMILES string of the molecule is CC(C)(C)c1cc(-c2ccccc2)c(N2c3cc(-c4ccc5oc6ccccc6c5c4)ccc3B3c4ccc(-c5ccc6oc7ccccc7c6c5)cc4N(c4c(-c5ccccc5)cc(C(C)(C)C)cc4-c4ccccc4)c4cc(-n5c6ccccc6c6ccccc65)cc2c43)c(-c2ccccc2)c1. The Morgan fingerprint density at radius 3 is 0.952 bits per heavy atom. The van der Waals surface area contributed by atoms with Gasteiger partial charge in [-0.25, -0.2) is 0 Å². The van der Waals surface area contributed by atoms with Crippen LogP contribution in [0.15, 0.2) is 336 Å². The van der Waals surface area contributed by atoms with Crippen molar-refractivity contribution in [1.82, 2.24) is 4.57 Å². The van der Waals surface area contributed by atoms with Crippen molar-refractivity contribution in [2.24, 2.45) is 0 Å². The summed E-state index contributed by atoms with van der Waals surface area (Å²) < 4.78 is 15.6. The van der Waals surface area contributed by atoms with Gasteiger partial charge in [-0.1, -0.05) is 272 Å². The van der Waals surface area contributed by atoms with Gasteiger partial charge in [0.25, 0.3) is 6.71 Å². The van der Waals surface area contributed by atoms with Crippen molar-refractivity contribution in [3.05, 3.63) is 339 Å². The molecular weight excluding hydrogens is 1260 g/mol. The fourth-order valence-corrected chi connectivity index (χ4v) is 16.9. The molecule has 0 atom stereocenters. The minimum Gasteiger partial charge on any atom is -0.456 e. The molecule has 0 bridgehead atoms. The molecule has 0 radical (unpaired) electrons. The van der Waals surface area contributed by atoms with E-state index in [1.807, 2.05) is 0 Å². The average molecular weight is 1330 g/mol. The predicted octanol–water partition coefficient (Wildman–Crippen LogP) is 25.3. The van der Waals surface area contributed by atoms with Gasteiger partial charge in [-0.3, -0.25) is 0 Å². The van der Waals surface area contributed by atoms with Gasteiger partial charge in [0.05, 0.1) is 28.1 Å². The van der Waals surface area contributed by atoms with Crippen molar-refractivity contribution >= 4 is 123 Å². The second kappa shape index (κ2) is 23.5. The number of anilines is 6. The van der Waals surface area contributed by atoms with Crippen LogP contribution in [0, 0.1) is 0 Å². The van der Waals surface area contributed by atoms with E-state index in [1.54, 1.807) is 0 Å². The molecule has 20 rings (SSSR count). The van der Waals surface area contributed by atoms with E-state index < -0.39 is 0 Å². The monoisotopic (exact) mass is 1330 g/mol. The quantitative estimate of drug-likeness (QED) is 0.135. The first-order valence-corrected chi connectivity index (χ1v) is 36.3. The number of para-hydroxylation sites is 4. The Bertz CT molecular complexity index is 6000. The molecule has 2 aliphatic rings. The Hall–Kier alpha value is -12.6. The molecule has 2 aliphatic heterocycles. The van der Waals surface area contributed by atoms with Gasteiger partial charge in [-0.05, 0) is 180 Å². The van der Waals surface area contributed by atoms with Crippen LogP contribution in [-0.4, -0.2) is 11.3 Å². The zero-order chi connectivity index (χ0) is 69.7. The molecular formula is C98H72BN3O2. The molecule has 5 nitrogen and oxygen atoms in total. The first-order chi connectivity index (χ1) is 50.8. The van der Waals surface area contributed by atoms with Gasteiger partial charge in [0.1, 0.15) is 22.3 Å². The average Bonchev–Trinajstić information content (AvgIpc) is 0.723. The normalized spacial score (nSPS) is 12.8. The first-order valence-electron chi connectivity index (χ1n) is 36.3. The minimum atomic E-state index is -0.281. The summed E-state index contributed by atoms with van der Waals surface area (Å²) in [5.41, 5.74) is 32.6. The standard InChI is InChI=1S/C98H72BN3O2/c1-97(2,3)69-55-76(61-27-11-7-12-28-61)95(77(56-69)62-29-13-8-14-30-62)101-86-53-67(65-45-49-92-80(51-65)74-37-21-25-41-90(74)103-92)43-47-82(86)99-83-48-44-68(66-46-50-93-81(52-66)75-38-22-26-42-91(75)104-93)54-87(83)102(89-60-71(59-88(101)94(89)99)100-84-39-23-19-35-72(84)73-36-20-24-40-85(73)100)96-78(63-31-15-9-16-32-63)57-70(98(4,5)6)58-79(96)64-33-17-10-18-34-64/h7-60H,1-6H3. The molecule has 0 aliphatic carbocycles. The highest BCUT2D eigenvalue weighted by Gasteiger charge is 2.46. The third-order valence-corrected chi connectivity index (χ3v) is 22.1. The lowest BCUT2D eigenvalue weighted by molar-refractivity contribution is 0.590. The van der Waals surface area contributed by atoms with Crippen molar-refractivity contribution in [2.75, 3.05) is 9.80 Å². The van der Waals surface area contributed by atoms with E-state index in [4.69, 9.17) is 8.83 Å². The van der Waals surface area contributed by atoms with Gasteiger partial charge in [0, 0.05) is 77.3 Å². The van der Waals surface area contributed by atoms with Crippen LogP contribution in [-0.2, 0) is 10.8 Å². The van der Waals surface area contributed by atoms with Crippen LogP contribution in [0.1, 0.15) is 52.7 Å². The number of furan rings is 2. The Morgan fingerprint density at radius 2 is 0.577 bits per heavy atom. The number of hydrogen-bond acceptors (Lipinski definition) is 4. The van der Waals surface area contributed by atoms with Gasteiger partial charge >= 0.3 is 0 Å². The Balaban J connectivity index is 0.983. The fraction of sp³-hybridized carbons (Fsp3) is 0.0816. The van der Waals surface area contributed by atoms with Crippen molar-refractivity contribution < 1.29 is 8.83 Å². The van der Waals surface area contributed by atoms with Crippen LogP contribution < -0.4 is 26.2 Å². The summed E-state index contributed by atoms with van der Waals surface area (Å²) in [6.07, 6.45) is 0. The number of fused-ring (bicyclic) bond motifs is 13.